The maximum absolute atomic E-state index is 12.6. The number of anilines is 1. The monoisotopic (exact) mass is 595 g/mol. The van der Waals surface area contributed by atoms with Gasteiger partial charge in [0.1, 0.15) is 5.75 Å². The molecule has 9 heteroatoms. The van der Waals surface area contributed by atoms with Gasteiger partial charge < -0.3 is 10.1 Å². The van der Waals surface area contributed by atoms with E-state index in [1.54, 1.807) is 54.7 Å². The Bertz CT molecular complexity index is 1520. The first kappa shape index (κ1) is 30.0. The molecule has 0 bridgehead atoms. The maximum Gasteiger partial charge on any atom is 0.271 e. The molecule has 0 saturated carbocycles. The van der Waals surface area contributed by atoms with E-state index in [0.29, 0.717) is 22.0 Å². The highest BCUT2D eigenvalue weighted by atomic mass is 35.5. The second kappa shape index (κ2) is 15.1. The Balaban J connectivity index is 1.01. The molecule has 1 heterocycles. The molecule has 0 aromatic heterocycles. The number of carbonyl (C=O) groups is 2. The van der Waals surface area contributed by atoms with Crippen LogP contribution < -0.4 is 15.5 Å². The van der Waals surface area contributed by atoms with E-state index >= 15 is 0 Å². The summed E-state index contributed by atoms with van der Waals surface area (Å²) in [5.74, 6) is -0.0571. The highest BCUT2D eigenvalue weighted by molar-refractivity contribution is 6.33. The van der Waals surface area contributed by atoms with Crippen molar-refractivity contribution >= 4 is 35.3 Å². The molecule has 220 valence electrons. The Labute approximate surface area is 256 Å². The van der Waals surface area contributed by atoms with Crippen LogP contribution in [0, 0.1) is 0 Å². The minimum atomic E-state index is -0.313. The summed E-state index contributed by atoms with van der Waals surface area (Å²) in [6, 6.07) is 32.3. The Morgan fingerprint density at radius 3 is 2.02 bits per heavy atom. The Morgan fingerprint density at radius 2 is 1.37 bits per heavy atom. The summed E-state index contributed by atoms with van der Waals surface area (Å²) < 4.78 is 5.54. The van der Waals surface area contributed by atoms with Crippen LogP contribution in [0.4, 0.5) is 5.69 Å². The summed E-state index contributed by atoms with van der Waals surface area (Å²) in [5, 5.41) is 7.25. The van der Waals surface area contributed by atoms with E-state index in [0.717, 1.165) is 44.8 Å². The fourth-order valence-corrected chi connectivity index (χ4v) is 4.93. The Morgan fingerprint density at radius 1 is 0.767 bits per heavy atom. The van der Waals surface area contributed by atoms with Crippen molar-refractivity contribution in [3.05, 3.63) is 130 Å². The smallest absolute Gasteiger partial charge is 0.271 e. The van der Waals surface area contributed by atoms with E-state index in [-0.39, 0.29) is 18.4 Å². The molecule has 43 heavy (non-hydrogen) atoms. The van der Waals surface area contributed by atoms with E-state index < -0.39 is 0 Å². The van der Waals surface area contributed by atoms with Crippen LogP contribution in [-0.2, 0) is 17.9 Å². The van der Waals surface area contributed by atoms with Gasteiger partial charge in [-0.25, -0.2) is 5.43 Å². The van der Waals surface area contributed by atoms with Gasteiger partial charge in [0.05, 0.1) is 16.9 Å². The number of hydrogen-bond donors (Lipinski definition) is 2. The average Bonchev–Trinajstić information content (AvgIpc) is 3.03. The third-order valence-electron chi connectivity index (χ3n) is 7.11. The van der Waals surface area contributed by atoms with Crippen molar-refractivity contribution in [1.82, 2.24) is 15.2 Å². The molecule has 1 aliphatic rings. The molecular formula is C34H34ClN5O3. The zero-order valence-corrected chi connectivity index (χ0v) is 24.5. The summed E-state index contributed by atoms with van der Waals surface area (Å²) in [7, 11) is 0. The zero-order chi connectivity index (χ0) is 29.9. The molecule has 0 unspecified atom stereocenters. The number of nitrogens with zero attached hydrogens (tertiary/aromatic N) is 3. The molecule has 5 rings (SSSR count). The molecule has 2 N–H and O–H groups in total. The lowest BCUT2D eigenvalue weighted by atomic mass is 10.1. The highest BCUT2D eigenvalue weighted by Crippen LogP contribution is 2.20. The van der Waals surface area contributed by atoms with Crippen molar-refractivity contribution in [2.75, 3.05) is 38.1 Å². The van der Waals surface area contributed by atoms with Crippen molar-refractivity contribution in [2.45, 2.75) is 13.1 Å². The number of halogens is 1. The van der Waals surface area contributed by atoms with Gasteiger partial charge in [-0.15, -0.1) is 0 Å². The first-order chi connectivity index (χ1) is 21.0. The molecule has 0 spiro atoms. The number of ether oxygens (including phenoxy) is 1. The van der Waals surface area contributed by atoms with Crippen LogP contribution in [0.2, 0.25) is 5.02 Å². The van der Waals surface area contributed by atoms with E-state index in [1.165, 1.54) is 11.1 Å². The molecule has 4 aromatic carbocycles. The van der Waals surface area contributed by atoms with E-state index in [1.807, 2.05) is 24.3 Å². The van der Waals surface area contributed by atoms with Gasteiger partial charge in [0.2, 0.25) is 0 Å². The number of nitrogens with one attached hydrogen (secondary N) is 2. The number of para-hydroxylation sites is 1. The lowest BCUT2D eigenvalue weighted by Gasteiger charge is -2.34. The second-order valence-electron chi connectivity index (χ2n) is 10.3. The molecule has 0 aliphatic carbocycles. The first-order valence-corrected chi connectivity index (χ1v) is 14.6. The predicted octanol–water partition coefficient (Wildman–Crippen LogP) is 5.44. The topological polar surface area (TPSA) is 86.3 Å². The van der Waals surface area contributed by atoms with Crippen LogP contribution in [0.5, 0.6) is 5.75 Å². The van der Waals surface area contributed by atoms with Crippen molar-refractivity contribution in [3.8, 4) is 5.75 Å². The van der Waals surface area contributed by atoms with Crippen LogP contribution in [-0.4, -0.2) is 60.6 Å². The minimum Gasteiger partial charge on any atom is -0.484 e. The van der Waals surface area contributed by atoms with Gasteiger partial charge in [-0.05, 0) is 65.2 Å². The fourth-order valence-electron chi connectivity index (χ4n) is 4.74. The molecular weight excluding hydrogens is 562 g/mol. The van der Waals surface area contributed by atoms with Gasteiger partial charge in [0.15, 0.2) is 6.61 Å². The van der Waals surface area contributed by atoms with Gasteiger partial charge in [0, 0.05) is 44.8 Å². The van der Waals surface area contributed by atoms with E-state index in [4.69, 9.17) is 16.3 Å². The predicted molar refractivity (Wildman–Crippen MR) is 171 cm³/mol. The Hall–Kier alpha value is -4.50. The van der Waals surface area contributed by atoms with Crippen molar-refractivity contribution in [3.63, 3.8) is 0 Å². The molecule has 8 nitrogen and oxygen atoms in total. The molecule has 1 aliphatic heterocycles. The van der Waals surface area contributed by atoms with Crippen molar-refractivity contribution in [1.29, 1.82) is 0 Å². The third kappa shape index (κ3) is 9.24. The highest BCUT2D eigenvalue weighted by Gasteiger charge is 2.17. The van der Waals surface area contributed by atoms with Crippen LogP contribution in [0.1, 0.15) is 27.0 Å². The van der Waals surface area contributed by atoms with Gasteiger partial charge in [-0.3, -0.25) is 19.4 Å². The summed E-state index contributed by atoms with van der Waals surface area (Å²) in [6.07, 6.45) is 1.55. The van der Waals surface area contributed by atoms with E-state index in [9.17, 15) is 9.59 Å². The quantitative estimate of drug-likeness (QED) is 0.178. The normalized spacial score (nSPS) is 14.0. The first-order valence-electron chi connectivity index (χ1n) is 14.2. The molecule has 0 atom stereocenters. The molecule has 2 amide bonds. The third-order valence-corrected chi connectivity index (χ3v) is 7.44. The largest absolute Gasteiger partial charge is 0.484 e. The van der Waals surface area contributed by atoms with Gasteiger partial charge in [-0.1, -0.05) is 66.2 Å². The van der Waals surface area contributed by atoms with Gasteiger partial charge in [-0.2, -0.15) is 5.10 Å². The molecule has 0 radical (unpaired) electrons. The SMILES string of the molecule is O=C(COc1ccc(/C=N\NC(=O)c2ccc(CN3CCN(Cc4ccccc4)CC3)cc2)cc1)Nc1ccccc1Cl. The van der Waals surface area contributed by atoms with E-state index in [2.05, 4.69) is 56.0 Å². The molecule has 1 fully saturated rings. The summed E-state index contributed by atoms with van der Waals surface area (Å²) in [6.45, 7) is 5.84. The fraction of sp³-hybridized carbons (Fsp3) is 0.206. The number of carbonyl (C=O) groups excluding carboxylic acids is 2. The lowest BCUT2D eigenvalue weighted by molar-refractivity contribution is -0.118. The van der Waals surface area contributed by atoms with Crippen LogP contribution >= 0.6 is 11.6 Å². The number of hydrogen-bond acceptors (Lipinski definition) is 6. The average molecular weight is 596 g/mol. The standard InChI is InChI=1S/C34H34ClN5O3/c35-31-8-4-5-9-32(31)37-33(41)25-43-30-16-12-26(13-17-30)22-36-38-34(42)29-14-10-28(11-15-29)24-40-20-18-39(19-21-40)23-27-6-2-1-3-7-27/h1-17,22H,18-21,23-25H2,(H,37,41)(H,38,42)/b36-22-. The summed E-state index contributed by atoms with van der Waals surface area (Å²) in [5.41, 5.74) is 6.96. The number of rotatable bonds is 11. The van der Waals surface area contributed by atoms with Crippen LogP contribution in [0.3, 0.4) is 0 Å². The number of benzene rings is 4. The second-order valence-corrected chi connectivity index (χ2v) is 10.7. The number of hydrazone groups is 1. The lowest BCUT2D eigenvalue weighted by Crippen LogP contribution is -2.45. The number of piperazine rings is 1. The summed E-state index contributed by atoms with van der Waals surface area (Å²) >= 11 is 6.06. The maximum atomic E-state index is 12.6. The van der Waals surface area contributed by atoms with Crippen LogP contribution in [0.15, 0.2) is 108 Å². The zero-order valence-electron chi connectivity index (χ0n) is 23.8. The Kier molecular flexibility index (Phi) is 10.5. The number of amides is 2. The minimum absolute atomic E-state index is 0.154. The summed E-state index contributed by atoms with van der Waals surface area (Å²) in [4.78, 5) is 29.7. The van der Waals surface area contributed by atoms with Crippen molar-refractivity contribution < 1.29 is 14.3 Å². The van der Waals surface area contributed by atoms with Gasteiger partial charge in [0.25, 0.3) is 11.8 Å². The van der Waals surface area contributed by atoms with Crippen molar-refractivity contribution in [2.24, 2.45) is 5.10 Å². The van der Waals surface area contributed by atoms with Crippen LogP contribution in [0.25, 0.3) is 0 Å². The molecule has 1 saturated heterocycles. The van der Waals surface area contributed by atoms with Gasteiger partial charge >= 0.3 is 0 Å². The molecule has 4 aromatic rings.